The van der Waals surface area contributed by atoms with Crippen LogP contribution in [0, 0.1) is 11.8 Å². The third-order valence-corrected chi connectivity index (χ3v) is 4.80. The fourth-order valence-electron chi connectivity index (χ4n) is 3.52. The number of nitrogens with zero attached hydrogens (tertiary/aromatic N) is 2. The van der Waals surface area contributed by atoms with Crippen molar-refractivity contribution in [2.24, 2.45) is 11.8 Å². The molecule has 8 nitrogen and oxygen atoms in total. The van der Waals surface area contributed by atoms with Gasteiger partial charge in [-0.05, 0) is 63.5 Å². The smallest absolute Gasteiger partial charge is 0.408 e. The maximum Gasteiger partial charge on any atom is 0.408 e. The standard InChI is InChI=1S/C26H44N4O4/c1-19(2)17-30(18-20(3)4)24(32)22(29-25(33)34-26(5,6)7)12-8-9-14-28-23(31)15-21-11-10-13-27-16-21/h10-11,13,16,19-20,22H,8-9,12,14-15,17-18H2,1-7H3,(H,28,31)(H,29,33)/t22-/m0/s1. The maximum absolute atomic E-state index is 13.4. The van der Waals surface area contributed by atoms with Crippen molar-refractivity contribution in [2.45, 2.75) is 85.8 Å². The summed E-state index contributed by atoms with van der Waals surface area (Å²) in [4.78, 5) is 43.8. The second kappa shape index (κ2) is 14.6. The molecule has 2 N–H and O–H groups in total. The number of carbonyl (C=O) groups is 3. The Morgan fingerprint density at radius 3 is 2.24 bits per heavy atom. The van der Waals surface area contributed by atoms with Crippen molar-refractivity contribution in [3.05, 3.63) is 30.1 Å². The molecule has 0 aromatic carbocycles. The number of aromatic nitrogens is 1. The number of alkyl carbamates (subject to hydrolysis) is 1. The van der Waals surface area contributed by atoms with Gasteiger partial charge >= 0.3 is 6.09 Å². The lowest BCUT2D eigenvalue weighted by atomic mass is 10.1. The van der Waals surface area contributed by atoms with Gasteiger partial charge in [0.1, 0.15) is 11.6 Å². The first-order valence-corrected chi connectivity index (χ1v) is 12.3. The molecule has 0 aliphatic rings. The van der Waals surface area contributed by atoms with E-state index in [1.54, 1.807) is 39.2 Å². The SMILES string of the molecule is CC(C)CN(CC(C)C)C(=O)[C@H](CCCCNC(=O)Cc1cccnc1)NC(=O)OC(C)(C)C. The maximum atomic E-state index is 13.4. The highest BCUT2D eigenvalue weighted by Crippen LogP contribution is 2.12. The lowest BCUT2D eigenvalue weighted by molar-refractivity contribution is -0.134. The predicted molar refractivity (Wildman–Crippen MR) is 134 cm³/mol. The molecule has 0 spiro atoms. The minimum Gasteiger partial charge on any atom is -0.444 e. The van der Waals surface area contributed by atoms with E-state index in [9.17, 15) is 14.4 Å². The molecule has 0 unspecified atom stereocenters. The molecule has 0 fully saturated rings. The van der Waals surface area contributed by atoms with E-state index in [1.165, 1.54) is 0 Å². The monoisotopic (exact) mass is 476 g/mol. The van der Waals surface area contributed by atoms with Crippen molar-refractivity contribution < 1.29 is 19.1 Å². The Kier molecular flexibility index (Phi) is 12.6. The molecule has 192 valence electrons. The van der Waals surface area contributed by atoms with Crippen LogP contribution in [0.5, 0.6) is 0 Å². The van der Waals surface area contributed by atoms with Gasteiger partial charge in [-0.25, -0.2) is 4.79 Å². The zero-order valence-electron chi connectivity index (χ0n) is 22.0. The van der Waals surface area contributed by atoms with Gasteiger partial charge in [0.25, 0.3) is 0 Å². The van der Waals surface area contributed by atoms with Crippen molar-refractivity contribution in [1.29, 1.82) is 0 Å². The van der Waals surface area contributed by atoms with Gasteiger partial charge in [-0.1, -0.05) is 33.8 Å². The third kappa shape index (κ3) is 13.2. The summed E-state index contributed by atoms with van der Waals surface area (Å²) < 4.78 is 5.39. The summed E-state index contributed by atoms with van der Waals surface area (Å²) in [6, 6.07) is 3.00. The predicted octanol–water partition coefficient (Wildman–Crippen LogP) is 3.94. The molecule has 0 radical (unpaired) electrons. The second-order valence-electron chi connectivity index (χ2n) is 10.6. The van der Waals surface area contributed by atoms with Crippen LogP contribution in [0.1, 0.15) is 73.3 Å². The van der Waals surface area contributed by atoms with Crippen molar-refractivity contribution in [1.82, 2.24) is 20.5 Å². The number of amides is 3. The molecule has 0 saturated carbocycles. The lowest BCUT2D eigenvalue weighted by Gasteiger charge is -2.31. The summed E-state index contributed by atoms with van der Waals surface area (Å²) in [5.74, 6) is 0.487. The van der Waals surface area contributed by atoms with E-state index in [2.05, 4.69) is 43.3 Å². The van der Waals surface area contributed by atoms with Gasteiger partial charge < -0.3 is 20.3 Å². The first kappa shape index (κ1) is 29.4. The number of hydrogen-bond acceptors (Lipinski definition) is 5. The van der Waals surface area contributed by atoms with Crippen molar-refractivity contribution in [3.63, 3.8) is 0 Å². The highest BCUT2D eigenvalue weighted by molar-refractivity contribution is 5.85. The summed E-state index contributed by atoms with van der Waals surface area (Å²) in [5.41, 5.74) is 0.216. The summed E-state index contributed by atoms with van der Waals surface area (Å²) in [7, 11) is 0. The van der Waals surface area contributed by atoms with Crippen molar-refractivity contribution >= 4 is 17.9 Å². The molecular weight excluding hydrogens is 432 g/mol. The molecule has 3 amide bonds. The van der Waals surface area contributed by atoms with E-state index < -0.39 is 17.7 Å². The molecule has 1 heterocycles. The number of hydrogen-bond donors (Lipinski definition) is 2. The largest absolute Gasteiger partial charge is 0.444 e. The Bertz CT molecular complexity index is 750. The van der Waals surface area contributed by atoms with E-state index in [4.69, 9.17) is 4.74 Å². The van der Waals surface area contributed by atoms with Crippen LogP contribution in [0.15, 0.2) is 24.5 Å². The minimum absolute atomic E-state index is 0.0625. The first-order chi connectivity index (χ1) is 15.9. The van der Waals surface area contributed by atoms with Crippen LogP contribution in [0.2, 0.25) is 0 Å². The minimum atomic E-state index is -0.668. The van der Waals surface area contributed by atoms with Gasteiger partial charge in [-0.3, -0.25) is 14.6 Å². The van der Waals surface area contributed by atoms with Gasteiger partial charge in [0.15, 0.2) is 0 Å². The number of unbranched alkanes of at least 4 members (excludes halogenated alkanes) is 1. The molecular formula is C26H44N4O4. The quantitative estimate of drug-likeness (QED) is 0.420. The number of carbonyl (C=O) groups excluding carboxylic acids is 3. The van der Waals surface area contributed by atoms with Crippen LogP contribution < -0.4 is 10.6 Å². The molecule has 0 saturated heterocycles. The topological polar surface area (TPSA) is 101 Å². The fourth-order valence-corrected chi connectivity index (χ4v) is 3.52. The van der Waals surface area contributed by atoms with E-state index >= 15 is 0 Å². The summed E-state index contributed by atoms with van der Waals surface area (Å²) in [6.45, 7) is 15.5. The highest BCUT2D eigenvalue weighted by atomic mass is 16.6. The van der Waals surface area contributed by atoms with Crippen LogP contribution in [0.25, 0.3) is 0 Å². The zero-order valence-corrected chi connectivity index (χ0v) is 22.0. The second-order valence-corrected chi connectivity index (χ2v) is 10.6. The van der Waals surface area contributed by atoms with Crippen molar-refractivity contribution in [3.8, 4) is 0 Å². The normalized spacial score (nSPS) is 12.4. The Morgan fingerprint density at radius 1 is 1.06 bits per heavy atom. The van der Waals surface area contributed by atoms with E-state index in [1.807, 2.05) is 11.0 Å². The summed E-state index contributed by atoms with van der Waals surface area (Å²) >= 11 is 0. The Balaban J connectivity index is 2.67. The highest BCUT2D eigenvalue weighted by Gasteiger charge is 2.28. The van der Waals surface area contributed by atoms with Crippen LogP contribution >= 0.6 is 0 Å². The van der Waals surface area contributed by atoms with Crippen LogP contribution in [0.3, 0.4) is 0 Å². The lowest BCUT2D eigenvalue weighted by Crippen LogP contribution is -2.51. The molecule has 1 atom stereocenters. The molecule has 0 aliphatic carbocycles. The first-order valence-electron chi connectivity index (χ1n) is 12.3. The molecule has 0 bridgehead atoms. The molecule has 8 heteroatoms. The average Bonchev–Trinajstić information content (AvgIpc) is 2.70. The van der Waals surface area contributed by atoms with E-state index in [0.717, 1.165) is 5.56 Å². The third-order valence-electron chi connectivity index (χ3n) is 4.80. The van der Waals surface area contributed by atoms with Crippen LogP contribution in [0.4, 0.5) is 4.79 Å². The molecule has 1 aromatic rings. The van der Waals surface area contributed by atoms with Crippen molar-refractivity contribution in [2.75, 3.05) is 19.6 Å². The van der Waals surface area contributed by atoms with Gasteiger partial charge in [0.05, 0.1) is 6.42 Å². The van der Waals surface area contributed by atoms with Gasteiger partial charge in [-0.15, -0.1) is 0 Å². The number of pyridine rings is 1. The number of rotatable bonds is 13. The molecule has 1 rings (SSSR count). The van der Waals surface area contributed by atoms with Gasteiger partial charge in [-0.2, -0.15) is 0 Å². The van der Waals surface area contributed by atoms with E-state index in [-0.39, 0.29) is 18.2 Å². The Morgan fingerprint density at radius 2 is 1.71 bits per heavy atom. The Labute approximate surface area is 205 Å². The van der Waals surface area contributed by atoms with Gasteiger partial charge in [0.2, 0.25) is 11.8 Å². The summed E-state index contributed by atoms with van der Waals surface area (Å²) in [6.07, 6.45) is 4.90. The zero-order chi connectivity index (χ0) is 25.7. The van der Waals surface area contributed by atoms with Crippen LogP contribution in [-0.4, -0.2) is 59.1 Å². The average molecular weight is 477 g/mol. The number of ether oxygens (including phenoxy) is 1. The van der Waals surface area contributed by atoms with E-state index in [0.29, 0.717) is 50.7 Å². The van der Waals surface area contributed by atoms with Gasteiger partial charge in [0, 0.05) is 32.0 Å². The molecule has 34 heavy (non-hydrogen) atoms. The molecule has 0 aliphatic heterocycles. The number of nitrogens with one attached hydrogen (secondary N) is 2. The summed E-state index contributed by atoms with van der Waals surface area (Å²) in [5, 5.41) is 5.69. The van der Waals surface area contributed by atoms with Crippen LogP contribution in [-0.2, 0) is 20.7 Å². The fraction of sp³-hybridized carbons (Fsp3) is 0.692. The Hall–Kier alpha value is -2.64. The molecule has 1 aromatic heterocycles.